The van der Waals surface area contributed by atoms with Crippen molar-refractivity contribution < 1.29 is 4.74 Å². The normalized spacial score (nSPS) is 32.3. The van der Waals surface area contributed by atoms with E-state index in [0.29, 0.717) is 5.92 Å². The van der Waals surface area contributed by atoms with Gasteiger partial charge in [0.05, 0.1) is 5.76 Å². The minimum absolute atomic E-state index is 0.0735. The van der Waals surface area contributed by atoms with Gasteiger partial charge in [0.25, 0.3) is 0 Å². The van der Waals surface area contributed by atoms with E-state index < -0.39 is 0 Å². The highest BCUT2D eigenvalue weighted by Crippen LogP contribution is 2.33. The second-order valence-electron chi connectivity index (χ2n) is 3.59. The Labute approximate surface area is 63.1 Å². The summed E-state index contributed by atoms with van der Waals surface area (Å²) in [5.74, 6) is 1.68. The monoisotopic (exact) mass is 140 g/mol. The van der Waals surface area contributed by atoms with Gasteiger partial charge in [-0.1, -0.05) is 13.8 Å². The summed E-state index contributed by atoms with van der Waals surface area (Å²) < 4.78 is 5.67. The molecular weight excluding hydrogens is 124 g/mol. The topological polar surface area (TPSA) is 9.23 Å². The Balaban J connectivity index is 2.61. The second-order valence-corrected chi connectivity index (χ2v) is 3.59. The van der Waals surface area contributed by atoms with Crippen LogP contribution in [0.1, 0.15) is 34.1 Å². The van der Waals surface area contributed by atoms with Crippen LogP contribution in [0.5, 0.6) is 0 Å². The largest absolute Gasteiger partial charge is 0.492 e. The molecule has 0 aliphatic carbocycles. The zero-order valence-corrected chi connectivity index (χ0v) is 7.27. The molecule has 1 atom stereocenters. The van der Waals surface area contributed by atoms with E-state index >= 15 is 0 Å². The molecule has 1 aliphatic rings. The Morgan fingerprint density at radius 2 is 2.20 bits per heavy atom. The molecule has 0 aromatic rings. The number of allylic oxidation sites excluding steroid dienone is 1. The lowest BCUT2D eigenvalue weighted by atomic mass is 9.90. The molecule has 0 saturated heterocycles. The van der Waals surface area contributed by atoms with Crippen LogP contribution in [0.15, 0.2) is 11.8 Å². The SMILES string of the molecule is CC1=CC[C@](C)(C(C)C)O1. The van der Waals surface area contributed by atoms with Gasteiger partial charge >= 0.3 is 0 Å². The fourth-order valence-electron chi connectivity index (χ4n) is 1.15. The molecule has 0 fully saturated rings. The lowest BCUT2D eigenvalue weighted by Crippen LogP contribution is -2.30. The van der Waals surface area contributed by atoms with Gasteiger partial charge in [0.15, 0.2) is 0 Å². The van der Waals surface area contributed by atoms with Gasteiger partial charge in [-0.25, -0.2) is 0 Å². The van der Waals surface area contributed by atoms with E-state index in [1.165, 1.54) is 0 Å². The number of hydrogen-bond acceptors (Lipinski definition) is 1. The molecule has 58 valence electrons. The van der Waals surface area contributed by atoms with Crippen molar-refractivity contribution in [1.29, 1.82) is 0 Å². The minimum atomic E-state index is 0.0735. The third-order valence-corrected chi connectivity index (χ3v) is 2.41. The molecule has 1 heterocycles. The van der Waals surface area contributed by atoms with Crippen molar-refractivity contribution in [2.24, 2.45) is 5.92 Å². The van der Waals surface area contributed by atoms with E-state index in [0.717, 1.165) is 12.2 Å². The van der Waals surface area contributed by atoms with Gasteiger partial charge in [-0.15, -0.1) is 0 Å². The Kier molecular flexibility index (Phi) is 1.76. The van der Waals surface area contributed by atoms with Crippen molar-refractivity contribution in [1.82, 2.24) is 0 Å². The average Bonchev–Trinajstić information content (AvgIpc) is 2.13. The van der Waals surface area contributed by atoms with Gasteiger partial charge in [0, 0.05) is 6.42 Å². The van der Waals surface area contributed by atoms with Gasteiger partial charge in [0.1, 0.15) is 5.60 Å². The third kappa shape index (κ3) is 1.18. The van der Waals surface area contributed by atoms with Gasteiger partial charge < -0.3 is 4.74 Å². The van der Waals surface area contributed by atoms with Crippen molar-refractivity contribution >= 4 is 0 Å². The van der Waals surface area contributed by atoms with Crippen molar-refractivity contribution in [3.63, 3.8) is 0 Å². The molecule has 0 N–H and O–H groups in total. The van der Waals surface area contributed by atoms with Gasteiger partial charge in [0.2, 0.25) is 0 Å². The van der Waals surface area contributed by atoms with Crippen LogP contribution in [0.25, 0.3) is 0 Å². The summed E-state index contributed by atoms with van der Waals surface area (Å²) in [5.41, 5.74) is 0.0735. The van der Waals surface area contributed by atoms with E-state index in [4.69, 9.17) is 4.74 Å². The van der Waals surface area contributed by atoms with Crippen LogP contribution in [0.2, 0.25) is 0 Å². The Morgan fingerprint density at radius 1 is 1.60 bits per heavy atom. The molecule has 0 unspecified atom stereocenters. The fraction of sp³-hybridized carbons (Fsp3) is 0.778. The Morgan fingerprint density at radius 3 is 2.40 bits per heavy atom. The van der Waals surface area contributed by atoms with Gasteiger partial charge in [-0.05, 0) is 25.8 Å². The quantitative estimate of drug-likeness (QED) is 0.544. The highest BCUT2D eigenvalue weighted by Gasteiger charge is 2.32. The molecule has 0 spiro atoms. The maximum absolute atomic E-state index is 5.67. The number of ether oxygens (including phenoxy) is 1. The maximum atomic E-state index is 5.67. The zero-order chi connectivity index (χ0) is 7.78. The van der Waals surface area contributed by atoms with Crippen LogP contribution in [-0.2, 0) is 4.74 Å². The molecule has 1 heteroatoms. The molecule has 0 aromatic heterocycles. The minimum Gasteiger partial charge on any atom is -0.492 e. The summed E-state index contributed by atoms with van der Waals surface area (Å²) in [5, 5.41) is 0. The van der Waals surface area contributed by atoms with Crippen LogP contribution in [-0.4, -0.2) is 5.60 Å². The predicted molar refractivity (Wildman–Crippen MR) is 42.7 cm³/mol. The average molecular weight is 140 g/mol. The summed E-state index contributed by atoms with van der Waals surface area (Å²) >= 11 is 0. The lowest BCUT2D eigenvalue weighted by molar-refractivity contribution is 0.00311. The summed E-state index contributed by atoms with van der Waals surface area (Å²) in [6.45, 7) is 8.59. The van der Waals surface area contributed by atoms with E-state index in [1.807, 2.05) is 6.92 Å². The van der Waals surface area contributed by atoms with Gasteiger partial charge in [-0.2, -0.15) is 0 Å². The molecule has 0 bridgehead atoms. The second kappa shape index (κ2) is 2.30. The van der Waals surface area contributed by atoms with E-state index in [-0.39, 0.29) is 5.60 Å². The van der Waals surface area contributed by atoms with Crippen LogP contribution >= 0.6 is 0 Å². The predicted octanol–water partition coefficient (Wildman–Crippen LogP) is 2.73. The van der Waals surface area contributed by atoms with E-state index in [1.54, 1.807) is 0 Å². The summed E-state index contributed by atoms with van der Waals surface area (Å²) in [4.78, 5) is 0. The molecule has 0 saturated carbocycles. The summed E-state index contributed by atoms with van der Waals surface area (Å²) in [6, 6.07) is 0. The molecule has 0 aromatic carbocycles. The molecule has 1 rings (SSSR count). The third-order valence-electron chi connectivity index (χ3n) is 2.41. The first-order valence-electron chi connectivity index (χ1n) is 3.90. The number of hydrogen-bond donors (Lipinski definition) is 0. The molecule has 1 nitrogen and oxygen atoms in total. The molecule has 0 amide bonds. The summed E-state index contributed by atoms with van der Waals surface area (Å²) in [7, 11) is 0. The number of rotatable bonds is 1. The molecule has 0 radical (unpaired) electrons. The highest BCUT2D eigenvalue weighted by atomic mass is 16.5. The van der Waals surface area contributed by atoms with Crippen molar-refractivity contribution in [2.45, 2.75) is 39.7 Å². The molecular formula is C9H16O. The summed E-state index contributed by atoms with van der Waals surface area (Å²) in [6.07, 6.45) is 3.23. The standard InChI is InChI=1S/C9H16O/c1-7(2)9(4)6-5-8(3)10-9/h5,7H,6H2,1-4H3/t9-/m1/s1. The lowest BCUT2D eigenvalue weighted by Gasteiger charge is -2.29. The molecule has 1 aliphatic heterocycles. The van der Waals surface area contributed by atoms with Crippen LogP contribution in [0.4, 0.5) is 0 Å². The van der Waals surface area contributed by atoms with Crippen molar-refractivity contribution in [3.05, 3.63) is 11.8 Å². The molecule has 10 heavy (non-hydrogen) atoms. The van der Waals surface area contributed by atoms with Crippen LogP contribution in [0, 0.1) is 5.92 Å². The maximum Gasteiger partial charge on any atom is 0.112 e. The fourth-order valence-corrected chi connectivity index (χ4v) is 1.15. The first kappa shape index (κ1) is 7.64. The zero-order valence-electron chi connectivity index (χ0n) is 7.27. The first-order valence-corrected chi connectivity index (χ1v) is 3.90. The van der Waals surface area contributed by atoms with Crippen LogP contribution in [0.3, 0.4) is 0 Å². The van der Waals surface area contributed by atoms with Crippen molar-refractivity contribution in [3.8, 4) is 0 Å². The highest BCUT2D eigenvalue weighted by molar-refractivity contribution is 5.04. The van der Waals surface area contributed by atoms with E-state index in [2.05, 4.69) is 26.8 Å². The smallest absolute Gasteiger partial charge is 0.112 e. The first-order chi connectivity index (χ1) is 4.54. The van der Waals surface area contributed by atoms with Gasteiger partial charge in [-0.3, -0.25) is 0 Å². The Bertz CT molecular complexity index is 158. The van der Waals surface area contributed by atoms with Crippen molar-refractivity contribution in [2.75, 3.05) is 0 Å². The van der Waals surface area contributed by atoms with E-state index in [9.17, 15) is 0 Å². The van der Waals surface area contributed by atoms with Crippen LogP contribution < -0.4 is 0 Å². The Hall–Kier alpha value is -0.460.